The van der Waals surface area contributed by atoms with E-state index < -0.39 is 0 Å². The van der Waals surface area contributed by atoms with E-state index in [-0.39, 0.29) is 11.4 Å². The Morgan fingerprint density at radius 3 is 2.54 bits per heavy atom. The summed E-state index contributed by atoms with van der Waals surface area (Å²) in [5.41, 5.74) is 4.97. The first-order valence-electron chi connectivity index (χ1n) is 12.8. The van der Waals surface area contributed by atoms with Gasteiger partial charge >= 0.3 is 0 Å². The maximum Gasteiger partial charge on any atom is 0.165 e. The molecule has 0 saturated carbocycles. The summed E-state index contributed by atoms with van der Waals surface area (Å²) in [4.78, 5) is 24.5. The minimum absolute atomic E-state index is 0.143. The number of hydrogen-bond acceptors (Lipinski definition) is 6. The average molecular weight is 471 g/mol. The number of nitrogens with one attached hydrogen (secondary N) is 1. The van der Waals surface area contributed by atoms with Crippen molar-refractivity contribution in [2.24, 2.45) is 0 Å². The van der Waals surface area contributed by atoms with Crippen LogP contribution in [0.3, 0.4) is 0 Å². The fourth-order valence-electron chi connectivity index (χ4n) is 5.38. The van der Waals surface area contributed by atoms with Crippen LogP contribution in [0.2, 0.25) is 0 Å². The van der Waals surface area contributed by atoms with Crippen LogP contribution in [0.15, 0.2) is 60.9 Å². The number of benzene rings is 2. The first kappa shape index (κ1) is 23.6. The van der Waals surface area contributed by atoms with Crippen molar-refractivity contribution in [3.05, 3.63) is 83.3 Å². The average Bonchev–Trinajstić information content (AvgIpc) is 3.37. The van der Waals surface area contributed by atoms with Gasteiger partial charge in [0.2, 0.25) is 0 Å². The third-order valence-electron chi connectivity index (χ3n) is 7.29. The zero-order valence-corrected chi connectivity index (χ0v) is 20.5. The number of likely N-dealkylation sites (tertiary alicyclic amines) is 1. The molecule has 6 heteroatoms. The highest BCUT2D eigenvalue weighted by Crippen LogP contribution is 2.33. The molecule has 1 aliphatic carbocycles. The summed E-state index contributed by atoms with van der Waals surface area (Å²) in [6.45, 7) is 5.47. The van der Waals surface area contributed by atoms with Crippen molar-refractivity contribution < 1.29 is 9.53 Å². The van der Waals surface area contributed by atoms with Gasteiger partial charge < -0.3 is 10.1 Å². The summed E-state index contributed by atoms with van der Waals surface area (Å²) < 4.78 is 6.23. The highest BCUT2D eigenvalue weighted by molar-refractivity contribution is 5.97. The minimum atomic E-state index is -0.378. The fraction of sp³-hybridized carbons (Fsp3) is 0.414. The van der Waals surface area contributed by atoms with Crippen LogP contribution in [0.1, 0.15) is 59.8 Å². The lowest BCUT2D eigenvalue weighted by Crippen LogP contribution is -2.47. The molecule has 0 atom stereocenters. The van der Waals surface area contributed by atoms with Crippen LogP contribution in [-0.2, 0) is 24.1 Å². The predicted molar refractivity (Wildman–Crippen MR) is 138 cm³/mol. The number of anilines is 2. The number of ether oxygens (including phenoxy) is 1. The summed E-state index contributed by atoms with van der Waals surface area (Å²) in [6.07, 6.45) is 6.95. The van der Waals surface area contributed by atoms with Crippen molar-refractivity contribution in [1.82, 2.24) is 14.9 Å². The van der Waals surface area contributed by atoms with E-state index in [4.69, 9.17) is 4.74 Å². The number of hydrogen-bond donors (Lipinski definition) is 1. The molecule has 1 aromatic heterocycles. The van der Waals surface area contributed by atoms with Crippen LogP contribution >= 0.6 is 0 Å². The lowest BCUT2D eigenvalue weighted by atomic mass is 9.84. The molecule has 1 fully saturated rings. The summed E-state index contributed by atoms with van der Waals surface area (Å²) >= 11 is 0. The molecule has 0 amide bonds. The first-order valence-corrected chi connectivity index (χ1v) is 12.8. The molecule has 2 heterocycles. The molecule has 0 unspecified atom stereocenters. The summed E-state index contributed by atoms with van der Waals surface area (Å²) in [5.74, 6) is 1.02. The Balaban J connectivity index is 1.20. The summed E-state index contributed by atoms with van der Waals surface area (Å²) in [5, 5.41) is 3.41. The molecule has 3 aromatic rings. The summed E-state index contributed by atoms with van der Waals surface area (Å²) in [7, 11) is 0. The van der Waals surface area contributed by atoms with Gasteiger partial charge in [0, 0.05) is 55.2 Å². The van der Waals surface area contributed by atoms with E-state index in [0.717, 1.165) is 74.5 Å². The number of ketones is 1. The van der Waals surface area contributed by atoms with Gasteiger partial charge in [-0.2, -0.15) is 0 Å². The van der Waals surface area contributed by atoms with Crippen molar-refractivity contribution in [3.8, 4) is 0 Å². The Morgan fingerprint density at radius 2 is 1.80 bits per heavy atom. The third kappa shape index (κ3) is 5.60. The van der Waals surface area contributed by atoms with Gasteiger partial charge in [-0.3, -0.25) is 9.69 Å². The molecule has 0 spiro atoms. The molecular weight excluding hydrogens is 436 g/mol. The minimum Gasteiger partial charge on any atom is -0.375 e. The van der Waals surface area contributed by atoms with Gasteiger partial charge in [-0.25, -0.2) is 9.97 Å². The number of Topliss-reactive ketones (excluding diaryl/α,β-unsaturated/α-hetero) is 1. The number of nitrogens with zero attached hydrogens (tertiary/aromatic N) is 3. The molecule has 0 radical (unpaired) electrons. The molecule has 182 valence electrons. The number of aromatic nitrogens is 2. The number of aryl methyl sites for hydroxylation is 1. The fourth-order valence-corrected chi connectivity index (χ4v) is 5.38. The molecule has 5 rings (SSSR count). The van der Waals surface area contributed by atoms with E-state index in [9.17, 15) is 4.79 Å². The normalized spacial score (nSPS) is 17.2. The molecule has 2 aliphatic rings. The second kappa shape index (κ2) is 10.7. The highest BCUT2D eigenvalue weighted by Gasteiger charge is 2.37. The number of fused-ring (bicyclic) bond motifs is 1. The van der Waals surface area contributed by atoms with Gasteiger partial charge in [0.25, 0.3) is 0 Å². The van der Waals surface area contributed by atoms with E-state index in [2.05, 4.69) is 50.5 Å². The smallest absolute Gasteiger partial charge is 0.165 e. The van der Waals surface area contributed by atoms with Crippen LogP contribution < -0.4 is 5.32 Å². The molecule has 35 heavy (non-hydrogen) atoms. The molecule has 1 saturated heterocycles. The number of carbonyl (C=O) groups excluding carboxylic acids is 1. The lowest BCUT2D eigenvalue weighted by Gasteiger charge is -2.41. The summed E-state index contributed by atoms with van der Waals surface area (Å²) in [6, 6.07) is 18.3. The Bertz CT molecular complexity index is 1140. The lowest BCUT2D eigenvalue weighted by molar-refractivity contribution is -0.0792. The predicted octanol–water partition coefficient (Wildman–Crippen LogP) is 5.35. The number of piperidine rings is 1. The van der Waals surface area contributed by atoms with Crippen LogP contribution in [0.4, 0.5) is 11.5 Å². The van der Waals surface area contributed by atoms with Gasteiger partial charge in [0.1, 0.15) is 12.1 Å². The maximum absolute atomic E-state index is 13.3. The van der Waals surface area contributed by atoms with Crippen molar-refractivity contribution in [2.45, 2.75) is 57.6 Å². The Labute approximate surface area is 207 Å². The SMILES string of the molecule is CCOC1(CC(=O)c2ccc(Nc3ncnc4c3CCC4)cc2)CCN(Cc2ccccc2)CC1. The third-order valence-corrected chi connectivity index (χ3v) is 7.29. The molecule has 1 N–H and O–H groups in total. The van der Waals surface area contributed by atoms with Crippen LogP contribution in [0.25, 0.3) is 0 Å². The number of carbonyl (C=O) groups is 1. The van der Waals surface area contributed by atoms with E-state index >= 15 is 0 Å². The molecule has 1 aliphatic heterocycles. The first-order chi connectivity index (χ1) is 17.1. The standard InChI is InChI=1S/C29H34N4O2/c1-2-35-29(15-17-33(18-16-29)20-22-7-4-3-5-8-22)19-27(34)23-11-13-24(14-12-23)32-28-25-9-6-10-26(25)30-21-31-28/h3-5,7-8,11-14,21H,2,6,9-10,15-20H2,1H3,(H,30,31,32). The van der Waals surface area contributed by atoms with Gasteiger partial charge in [-0.15, -0.1) is 0 Å². The van der Waals surface area contributed by atoms with Gasteiger partial charge in [0.05, 0.1) is 5.60 Å². The zero-order valence-electron chi connectivity index (χ0n) is 20.5. The molecule has 6 nitrogen and oxygen atoms in total. The van der Waals surface area contributed by atoms with E-state index in [0.29, 0.717) is 13.0 Å². The largest absolute Gasteiger partial charge is 0.375 e. The molecule has 2 aromatic carbocycles. The Kier molecular flexibility index (Phi) is 7.21. The van der Waals surface area contributed by atoms with Crippen molar-refractivity contribution in [2.75, 3.05) is 25.0 Å². The highest BCUT2D eigenvalue weighted by atomic mass is 16.5. The quantitative estimate of drug-likeness (QED) is 0.425. The Morgan fingerprint density at radius 1 is 1.03 bits per heavy atom. The maximum atomic E-state index is 13.3. The monoisotopic (exact) mass is 470 g/mol. The zero-order chi connectivity index (χ0) is 24.1. The van der Waals surface area contributed by atoms with E-state index in [1.54, 1.807) is 6.33 Å². The van der Waals surface area contributed by atoms with Gasteiger partial charge in [-0.1, -0.05) is 30.3 Å². The van der Waals surface area contributed by atoms with Crippen LogP contribution in [-0.4, -0.2) is 45.9 Å². The van der Waals surface area contributed by atoms with Crippen molar-refractivity contribution >= 4 is 17.3 Å². The van der Waals surface area contributed by atoms with Gasteiger partial charge in [0.15, 0.2) is 5.78 Å². The van der Waals surface area contributed by atoms with E-state index in [1.165, 1.54) is 11.1 Å². The van der Waals surface area contributed by atoms with E-state index in [1.807, 2.05) is 31.2 Å². The van der Waals surface area contributed by atoms with Crippen molar-refractivity contribution in [3.63, 3.8) is 0 Å². The Hall–Kier alpha value is -3.09. The second-order valence-corrected chi connectivity index (χ2v) is 9.68. The molecular formula is C29H34N4O2. The molecule has 0 bridgehead atoms. The van der Waals surface area contributed by atoms with Gasteiger partial charge in [-0.05, 0) is 68.9 Å². The van der Waals surface area contributed by atoms with Crippen molar-refractivity contribution in [1.29, 1.82) is 0 Å². The topological polar surface area (TPSA) is 67.3 Å². The van der Waals surface area contributed by atoms with Crippen LogP contribution in [0.5, 0.6) is 0 Å². The number of rotatable bonds is 9. The van der Waals surface area contributed by atoms with Crippen LogP contribution in [0, 0.1) is 0 Å². The second-order valence-electron chi connectivity index (χ2n) is 9.68.